The average Bonchev–Trinajstić information content (AvgIpc) is 1.58. The lowest BCUT2D eigenvalue weighted by Crippen LogP contribution is -2.19. The van der Waals surface area contributed by atoms with E-state index >= 15 is 0 Å². The molecule has 0 saturated carbocycles. The molecule has 5 heteroatoms. The molecule has 0 heterocycles. The number of carbonyl (C=O) groups excluding carboxylic acids is 1. The number of carbonyl (C=O) groups is 1. The Labute approximate surface area is 58.2 Å². The average molecular weight is 150 g/mol. The topological polar surface area (TPSA) is 76.0 Å². The molecule has 0 aliphatic heterocycles. The third-order valence-electron chi connectivity index (χ3n) is 0.534. The van der Waals surface area contributed by atoms with E-state index < -0.39 is 18.7 Å². The number of rotatable bonds is 2. The minimum Gasteiger partial charge on any atom is -0.405 e. The van der Waals surface area contributed by atoms with Crippen molar-refractivity contribution >= 4 is 6.16 Å². The van der Waals surface area contributed by atoms with Crippen LogP contribution >= 0.6 is 0 Å². The number of aliphatic hydroxyl groups excluding tert-OH is 2. The Morgan fingerprint density at radius 3 is 1.70 bits per heavy atom. The number of ether oxygens (including phenoxy) is 2. The van der Waals surface area contributed by atoms with Crippen molar-refractivity contribution in [1.29, 1.82) is 0 Å². The molecule has 10 heavy (non-hydrogen) atoms. The molecule has 0 fully saturated rings. The minimum absolute atomic E-state index is 1.09. The molecular formula is C5H10O5. The molecule has 60 valence electrons. The fourth-order valence-corrected chi connectivity index (χ4v) is 0.306. The van der Waals surface area contributed by atoms with Crippen molar-refractivity contribution in [3.05, 3.63) is 0 Å². The maximum absolute atomic E-state index is 10.3. The molecule has 5 nitrogen and oxygen atoms in total. The second-order valence-electron chi connectivity index (χ2n) is 1.68. The lowest BCUT2D eigenvalue weighted by molar-refractivity contribution is -0.112. The van der Waals surface area contributed by atoms with Crippen molar-refractivity contribution in [3.8, 4) is 0 Å². The zero-order valence-corrected chi connectivity index (χ0v) is 5.77. The maximum Gasteiger partial charge on any atom is 0.512 e. The van der Waals surface area contributed by atoms with Crippen LogP contribution in [0, 0.1) is 0 Å². The first-order valence-corrected chi connectivity index (χ1v) is 2.75. The lowest BCUT2D eigenvalue weighted by Gasteiger charge is -2.08. The highest BCUT2D eigenvalue weighted by molar-refractivity contribution is 5.59. The van der Waals surface area contributed by atoms with Gasteiger partial charge in [-0.05, 0) is 13.8 Å². The summed E-state index contributed by atoms with van der Waals surface area (Å²) >= 11 is 0. The molecule has 0 rings (SSSR count). The first-order chi connectivity index (χ1) is 4.52. The highest BCUT2D eigenvalue weighted by Gasteiger charge is 2.09. The van der Waals surface area contributed by atoms with Gasteiger partial charge in [0.1, 0.15) is 0 Å². The van der Waals surface area contributed by atoms with Gasteiger partial charge in [-0.3, -0.25) is 0 Å². The van der Waals surface area contributed by atoms with E-state index in [9.17, 15) is 4.79 Å². The number of hydrogen-bond acceptors (Lipinski definition) is 5. The van der Waals surface area contributed by atoms with E-state index in [2.05, 4.69) is 9.47 Å². The summed E-state index contributed by atoms with van der Waals surface area (Å²) in [4.78, 5) is 10.3. The van der Waals surface area contributed by atoms with Gasteiger partial charge in [0.25, 0.3) is 0 Å². The predicted molar refractivity (Wildman–Crippen MR) is 30.9 cm³/mol. The van der Waals surface area contributed by atoms with Crippen molar-refractivity contribution in [2.24, 2.45) is 0 Å². The first kappa shape index (κ1) is 9.19. The molecule has 0 bridgehead atoms. The third-order valence-corrected chi connectivity index (χ3v) is 0.534. The van der Waals surface area contributed by atoms with E-state index in [0.717, 1.165) is 0 Å². The van der Waals surface area contributed by atoms with E-state index in [-0.39, 0.29) is 0 Å². The summed E-state index contributed by atoms with van der Waals surface area (Å²) in [7, 11) is 0. The van der Waals surface area contributed by atoms with Gasteiger partial charge in [-0.15, -0.1) is 0 Å². The van der Waals surface area contributed by atoms with Crippen molar-refractivity contribution < 1.29 is 24.5 Å². The molecule has 0 saturated heterocycles. The van der Waals surface area contributed by atoms with Gasteiger partial charge in [0.05, 0.1) is 0 Å². The molecule has 0 radical (unpaired) electrons. The first-order valence-electron chi connectivity index (χ1n) is 2.75. The van der Waals surface area contributed by atoms with E-state index in [1.54, 1.807) is 0 Å². The van der Waals surface area contributed by atoms with Crippen LogP contribution in [-0.4, -0.2) is 28.9 Å². The molecule has 2 N–H and O–H groups in total. The van der Waals surface area contributed by atoms with E-state index in [1.165, 1.54) is 13.8 Å². The zero-order chi connectivity index (χ0) is 8.15. The summed E-state index contributed by atoms with van der Waals surface area (Å²) in [5.74, 6) is 0. The summed E-state index contributed by atoms with van der Waals surface area (Å²) in [5, 5.41) is 16.9. The summed E-state index contributed by atoms with van der Waals surface area (Å²) in [6, 6.07) is 0. The summed E-state index contributed by atoms with van der Waals surface area (Å²) in [6.45, 7) is 2.51. The standard InChI is InChI=1S/C5H10O5/c1-3(6)9-5(8)10-4(2)7/h3-4,6-7H,1-2H3. The van der Waals surface area contributed by atoms with E-state index in [4.69, 9.17) is 10.2 Å². The van der Waals surface area contributed by atoms with Crippen molar-refractivity contribution in [2.45, 2.75) is 26.4 Å². The van der Waals surface area contributed by atoms with E-state index in [1.807, 2.05) is 0 Å². The van der Waals surface area contributed by atoms with E-state index in [0.29, 0.717) is 0 Å². The molecule has 2 atom stereocenters. The fraction of sp³-hybridized carbons (Fsp3) is 0.800. The lowest BCUT2D eigenvalue weighted by atomic mass is 10.7. The Kier molecular flexibility index (Phi) is 3.75. The normalized spacial score (nSPS) is 15.6. The SMILES string of the molecule is CC(O)OC(=O)OC(C)O. The molecule has 0 aromatic carbocycles. The molecule has 0 spiro atoms. The van der Waals surface area contributed by atoms with Gasteiger partial charge in [-0.1, -0.05) is 0 Å². The third kappa shape index (κ3) is 5.33. The second kappa shape index (κ2) is 4.08. The van der Waals surface area contributed by atoms with Gasteiger partial charge in [0.15, 0.2) is 0 Å². The largest absolute Gasteiger partial charge is 0.512 e. The monoisotopic (exact) mass is 150 g/mol. The predicted octanol–water partition coefficient (Wildman–Crippen LogP) is -0.184. The Morgan fingerprint density at radius 1 is 1.20 bits per heavy atom. The Bertz CT molecular complexity index is 96.6. The Morgan fingerprint density at radius 2 is 1.50 bits per heavy atom. The van der Waals surface area contributed by atoms with Gasteiger partial charge in [0.2, 0.25) is 12.6 Å². The highest BCUT2D eigenvalue weighted by Crippen LogP contribution is 1.92. The van der Waals surface area contributed by atoms with Crippen molar-refractivity contribution in [2.75, 3.05) is 0 Å². The highest BCUT2D eigenvalue weighted by atomic mass is 16.8. The van der Waals surface area contributed by atoms with Gasteiger partial charge in [0, 0.05) is 0 Å². The molecule has 0 amide bonds. The quantitative estimate of drug-likeness (QED) is 0.421. The maximum atomic E-state index is 10.3. The number of hydrogen-bond donors (Lipinski definition) is 2. The summed E-state index contributed by atoms with van der Waals surface area (Å²) < 4.78 is 8.19. The van der Waals surface area contributed by atoms with Crippen LogP contribution in [0.15, 0.2) is 0 Å². The fourth-order valence-electron chi connectivity index (χ4n) is 0.306. The molecule has 0 aromatic heterocycles. The van der Waals surface area contributed by atoms with Crippen molar-refractivity contribution in [1.82, 2.24) is 0 Å². The molecule has 0 aliphatic carbocycles. The molecular weight excluding hydrogens is 140 g/mol. The van der Waals surface area contributed by atoms with Gasteiger partial charge in [-0.2, -0.15) is 0 Å². The molecule has 0 aromatic rings. The smallest absolute Gasteiger partial charge is 0.405 e. The van der Waals surface area contributed by atoms with Gasteiger partial charge in [-0.25, -0.2) is 4.79 Å². The zero-order valence-electron chi connectivity index (χ0n) is 5.77. The minimum atomic E-state index is -1.22. The van der Waals surface area contributed by atoms with Crippen LogP contribution in [0.2, 0.25) is 0 Å². The molecule has 0 aliphatic rings. The van der Waals surface area contributed by atoms with Gasteiger partial charge < -0.3 is 19.7 Å². The van der Waals surface area contributed by atoms with Crippen LogP contribution in [0.5, 0.6) is 0 Å². The van der Waals surface area contributed by atoms with Crippen LogP contribution < -0.4 is 0 Å². The Hall–Kier alpha value is -0.810. The number of aliphatic hydroxyl groups is 2. The van der Waals surface area contributed by atoms with Gasteiger partial charge >= 0.3 is 6.16 Å². The summed E-state index contributed by atoms with van der Waals surface area (Å²) in [5.41, 5.74) is 0. The van der Waals surface area contributed by atoms with Crippen LogP contribution in [0.3, 0.4) is 0 Å². The summed E-state index contributed by atoms with van der Waals surface area (Å²) in [6.07, 6.45) is -3.53. The van der Waals surface area contributed by atoms with Crippen LogP contribution in [-0.2, 0) is 9.47 Å². The molecule has 2 unspecified atom stereocenters. The van der Waals surface area contributed by atoms with Crippen LogP contribution in [0.25, 0.3) is 0 Å². The van der Waals surface area contributed by atoms with Crippen LogP contribution in [0.1, 0.15) is 13.8 Å². The second-order valence-corrected chi connectivity index (χ2v) is 1.68. The van der Waals surface area contributed by atoms with Crippen LogP contribution in [0.4, 0.5) is 4.79 Å². The van der Waals surface area contributed by atoms with Crippen molar-refractivity contribution in [3.63, 3.8) is 0 Å². The Balaban J connectivity index is 3.44.